The molecule has 0 bridgehead atoms. The minimum Gasteiger partial charge on any atom is -0.457 e. The van der Waals surface area contributed by atoms with E-state index in [0.717, 1.165) is 57.8 Å². The summed E-state index contributed by atoms with van der Waals surface area (Å²) in [5, 5.41) is 0. The SMILES string of the molecule is CC/C=C\C/C=C\C/C=C\CCCCCCCCCCOCC(COP(=O)(O)OCCN)OC(=O)CCCCCCCCCCCCCCC. The number of allylic oxidation sites excluding steroid dienone is 6. The molecule has 0 aromatic heterocycles. The lowest BCUT2D eigenvalue weighted by atomic mass is 10.0. The largest absolute Gasteiger partial charge is 0.472 e. The van der Waals surface area contributed by atoms with Crippen LogP contribution in [0.1, 0.15) is 181 Å². The first-order valence-corrected chi connectivity index (χ1v) is 22.0. The molecule has 0 rings (SSSR count). The van der Waals surface area contributed by atoms with Crippen LogP contribution >= 0.6 is 7.82 Å². The van der Waals surface area contributed by atoms with Crippen molar-refractivity contribution in [2.24, 2.45) is 5.73 Å². The minimum absolute atomic E-state index is 0.0963. The van der Waals surface area contributed by atoms with Crippen LogP contribution in [-0.2, 0) is 27.9 Å². The van der Waals surface area contributed by atoms with E-state index in [-0.39, 0.29) is 32.3 Å². The molecule has 0 fully saturated rings. The third-order valence-corrected chi connectivity index (χ3v) is 9.56. The van der Waals surface area contributed by atoms with Crippen molar-refractivity contribution in [3.63, 3.8) is 0 Å². The van der Waals surface area contributed by atoms with E-state index in [1.807, 2.05) is 0 Å². The molecule has 50 heavy (non-hydrogen) atoms. The van der Waals surface area contributed by atoms with Crippen LogP contribution in [0.15, 0.2) is 36.5 Å². The molecular weight excluding hydrogens is 649 g/mol. The lowest BCUT2D eigenvalue weighted by molar-refractivity contribution is -0.154. The fourth-order valence-corrected chi connectivity index (χ4v) is 6.36. The van der Waals surface area contributed by atoms with Gasteiger partial charge in [-0.3, -0.25) is 13.8 Å². The molecule has 0 aromatic carbocycles. The number of phosphoric acid groups is 1. The second-order valence-corrected chi connectivity index (χ2v) is 14.9. The minimum atomic E-state index is -4.27. The molecule has 0 heterocycles. The normalized spacial score (nSPS) is 13.9. The first-order valence-electron chi connectivity index (χ1n) is 20.5. The van der Waals surface area contributed by atoms with Gasteiger partial charge in [-0.1, -0.05) is 166 Å². The van der Waals surface area contributed by atoms with Crippen LogP contribution < -0.4 is 5.73 Å². The van der Waals surface area contributed by atoms with Gasteiger partial charge in [-0.2, -0.15) is 0 Å². The highest BCUT2D eigenvalue weighted by molar-refractivity contribution is 7.47. The Kier molecular flexibility index (Phi) is 37.9. The number of carbonyl (C=O) groups excluding carboxylic acids is 1. The van der Waals surface area contributed by atoms with Crippen molar-refractivity contribution in [1.29, 1.82) is 0 Å². The monoisotopic (exact) mass is 728 g/mol. The predicted octanol–water partition coefficient (Wildman–Crippen LogP) is 11.9. The van der Waals surface area contributed by atoms with Gasteiger partial charge in [-0.15, -0.1) is 0 Å². The number of unbranched alkanes of at least 4 members (excludes halogenated alkanes) is 20. The van der Waals surface area contributed by atoms with Gasteiger partial charge in [0.25, 0.3) is 0 Å². The molecule has 0 spiro atoms. The summed E-state index contributed by atoms with van der Waals surface area (Å²) in [7, 11) is -4.27. The van der Waals surface area contributed by atoms with Crippen LogP contribution in [-0.4, -0.2) is 49.9 Å². The van der Waals surface area contributed by atoms with Gasteiger partial charge in [0.15, 0.2) is 0 Å². The van der Waals surface area contributed by atoms with Gasteiger partial charge in [-0.05, 0) is 44.9 Å². The molecule has 0 aliphatic rings. The van der Waals surface area contributed by atoms with Crippen LogP contribution in [0.3, 0.4) is 0 Å². The zero-order valence-corrected chi connectivity index (χ0v) is 33.3. The van der Waals surface area contributed by atoms with Crippen LogP contribution in [0.5, 0.6) is 0 Å². The summed E-state index contributed by atoms with van der Waals surface area (Å²) < 4.78 is 33.4. The average molecular weight is 728 g/mol. The van der Waals surface area contributed by atoms with Crippen molar-refractivity contribution in [1.82, 2.24) is 0 Å². The van der Waals surface area contributed by atoms with Gasteiger partial charge in [0.05, 0.1) is 19.8 Å². The van der Waals surface area contributed by atoms with Crippen molar-refractivity contribution in [2.75, 3.05) is 33.0 Å². The topological polar surface area (TPSA) is 117 Å². The first-order chi connectivity index (χ1) is 24.4. The lowest BCUT2D eigenvalue weighted by Crippen LogP contribution is -2.28. The van der Waals surface area contributed by atoms with Crippen LogP contribution in [0.25, 0.3) is 0 Å². The van der Waals surface area contributed by atoms with Crippen LogP contribution in [0, 0.1) is 0 Å². The Morgan fingerprint density at radius 1 is 0.620 bits per heavy atom. The quantitative estimate of drug-likeness (QED) is 0.0278. The van der Waals surface area contributed by atoms with Gasteiger partial charge in [0, 0.05) is 19.6 Å². The molecule has 0 saturated carbocycles. The molecule has 3 N–H and O–H groups in total. The van der Waals surface area contributed by atoms with Crippen molar-refractivity contribution in [2.45, 2.75) is 187 Å². The molecule has 294 valence electrons. The highest BCUT2D eigenvalue weighted by Crippen LogP contribution is 2.43. The van der Waals surface area contributed by atoms with E-state index in [9.17, 15) is 14.3 Å². The highest BCUT2D eigenvalue weighted by atomic mass is 31.2. The predicted molar refractivity (Wildman–Crippen MR) is 210 cm³/mol. The first kappa shape index (κ1) is 48.7. The van der Waals surface area contributed by atoms with Gasteiger partial charge in [0.2, 0.25) is 0 Å². The number of ether oxygens (including phenoxy) is 2. The molecule has 0 aromatic rings. The van der Waals surface area contributed by atoms with E-state index in [0.29, 0.717) is 13.0 Å². The van der Waals surface area contributed by atoms with Crippen LogP contribution in [0.2, 0.25) is 0 Å². The summed E-state index contributed by atoms with van der Waals surface area (Å²) in [4.78, 5) is 22.4. The van der Waals surface area contributed by atoms with Crippen molar-refractivity contribution >= 4 is 13.8 Å². The van der Waals surface area contributed by atoms with E-state index in [1.54, 1.807) is 0 Å². The second kappa shape index (κ2) is 38.9. The number of hydrogen-bond acceptors (Lipinski definition) is 7. The van der Waals surface area contributed by atoms with Crippen LogP contribution in [0.4, 0.5) is 0 Å². The Morgan fingerprint density at radius 2 is 1.12 bits per heavy atom. The highest BCUT2D eigenvalue weighted by Gasteiger charge is 2.25. The number of phosphoric ester groups is 1. The summed E-state index contributed by atoms with van der Waals surface area (Å²) in [5.74, 6) is -0.333. The molecule has 0 aliphatic carbocycles. The third-order valence-electron chi connectivity index (χ3n) is 8.57. The van der Waals surface area contributed by atoms with E-state index >= 15 is 0 Å². The van der Waals surface area contributed by atoms with Crippen molar-refractivity contribution < 1.29 is 32.8 Å². The number of esters is 1. The Balaban J connectivity index is 4.04. The van der Waals surface area contributed by atoms with E-state index < -0.39 is 13.9 Å². The van der Waals surface area contributed by atoms with Gasteiger partial charge in [0.1, 0.15) is 6.10 Å². The summed E-state index contributed by atoms with van der Waals surface area (Å²) in [6, 6.07) is 0. The summed E-state index contributed by atoms with van der Waals surface area (Å²) in [6.07, 6.45) is 43.0. The van der Waals surface area contributed by atoms with E-state index in [2.05, 4.69) is 50.3 Å². The van der Waals surface area contributed by atoms with Crippen molar-refractivity contribution in [3.05, 3.63) is 36.5 Å². The van der Waals surface area contributed by atoms with Gasteiger partial charge >= 0.3 is 13.8 Å². The smallest absolute Gasteiger partial charge is 0.457 e. The summed E-state index contributed by atoms with van der Waals surface area (Å²) in [6.45, 7) is 4.80. The number of rotatable bonds is 39. The zero-order chi connectivity index (χ0) is 36.6. The van der Waals surface area contributed by atoms with Gasteiger partial charge in [-0.25, -0.2) is 4.57 Å². The maximum atomic E-state index is 12.5. The maximum absolute atomic E-state index is 12.5. The number of nitrogens with two attached hydrogens (primary N) is 1. The van der Waals surface area contributed by atoms with Crippen molar-refractivity contribution in [3.8, 4) is 0 Å². The summed E-state index contributed by atoms with van der Waals surface area (Å²) in [5.41, 5.74) is 5.36. The average Bonchev–Trinajstić information content (AvgIpc) is 3.10. The lowest BCUT2D eigenvalue weighted by Gasteiger charge is -2.20. The third kappa shape index (κ3) is 38.0. The Bertz CT molecular complexity index is 864. The molecule has 2 unspecified atom stereocenters. The second-order valence-electron chi connectivity index (χ2n) is 13.5. The Labute approximate surface area is 308 Å². The zero-order valence-electron chi connectivity index (χ0n) is 32.4. The molecule has 0 amide bonds. The molecule has 0 aliphatic heterocycles. The molecular formula is C41H78NO7P. The maximum Gasteiger partial charge on any atom is 0.472 e. The molecule has 0 saturated heterocycles. The van der Waals surface area contributed by atoms with E-state index in [1.165, 1.54) is 103 Å². The molecule has 2 atom stereocenters. The standard InChI is InChI=1S/C41H78NO7P/c1-3-5-7-9-11-13-15-17-18-19-20-21-23-25-27-29-31-33-36-46-38-40(39-48-50(44,45)47-37-35-42)49-41(43)34-32-30-28-26-24-22-16-14-12-10-8-6-4-2/h5,7,11,13,17-18,40H,3-4,6,8-10,12,14-16,19-39,42H2,1-2H3,(H,44,45)/b7-5-,13-11-,18-17-. The Hall–Kier alpha value is -1.28. The molecule has 0 radical (unpaired) electrons. The fourth-order valence-electron chi connectivity index (χ4n) is 5.60. The molecule has 9 heteroatoms. The van der Waals surface area contributed by atoms with Gasteiger partial charge < -0.3 is 20.1 Å². The summed E-state index contributed by atoms with van der Waals surface area (Å²) >= 11 is 0. The number of carbonyl (C=O) groups is 1. The molecule has 8 nitrogen and oxygen atoms in total. The fraction of sp³-hybridized carbons (Fsp3) is 0.829. The van der Waals surface area contributed by atoms with E-state index in [4.69, 9.17) is 24.3 Å². The number of hydrogen-bond donors (Lipinski definition) is 2. The Morgan fingerprint density at radius 3 is 1.68 bits per heavy atom.